The second-order valence-corrected chi connectivity index (χ2v) is 18.4. The molecular weight excluding hydrogens is 914 g/mol. The first-order valence-corrected chi connectivity index (χ1v) is 23.7. The largest absolute Gasteiger partial charge is 0.567 e. The number of carbonyl (C=O) groups is 1. The van der Waals surface area contributed by atoms with Crippen molar-refractivity contribution in [1.82, 2.24) is 10.6 Å². The highest BCUT2D eigenvalue weighted by Gasteiger charge is 2.60. The van der Waals surface area contributed by atoms with Crippen molar-refractivity contribution >= 4 is 53.3 Å². The van der Waals surface area contributed by atoms with Gasteiger partial charge in [0.1, 0.15) is 67.1 Å². The Morgan fingerprint density at radius 2 is 0.679 bits per heavy atom. The number of urea groups is 1. The third kappa shape index (κ3) is 17.8. The second-order valence-electron chi connectivity index (χ2n) is 11.2. The maximum absolute atomic E-state index is 12.3. The third-order valence-electron chi connectivity index (χ3n) is 6.94. The Labute approximate surface area is 311 Å². The Morgan fingerprint density at radius 1 is 0.446 bits per heavy atom. The van der Waals surface area contributed by atoms with Crippen LogP contribution in [0.3, 0.4) is 0 Å². The number of ether oxygens (including phenoxy) is 2. The number of phosphoric acid groups is 5. The van der Waals surface area contributed by atoms with Gasteiger partial charge in [-0.2, -0.15) is 14.7 Å². The highest BCUT2D eigenvalue weighted by Crippen LogP contribution is 2.53. The summed E-state index contributed by atoms with van der Waals surface area (Å²) < 4.78 is 93.8. The Morgan fingerprint density at radius 3 is 0.946 bits per heavy atom. The van der Waals surface area contributed by atoms with Gasteiger partial charge in [-0.3, -0.25) is 22.6 Å². The van der Waals surface area contributed by atoms with Crippen molar-refractivity contribution in [2.24, 2.45) is 0 Å². The number of amides is 2. The van der Waals surface area contributed by atoms with Crippen LogP contribution in [0.2, 0.25) is 0 Å². The predicted molar refractivity (Wildman–Crippen MR) is 168 cm³/mol. The van der Waals surface area contributed by atoms with Crippen LogP contribution >= 0.6 is 47.3 Å². The van der Waals surface area contributed by atoms with E-state index >= 15 is 0 Å². The minimum atomic E-state index is -5.68. The first-order valence-electron chi connectivity index (χ1n) is 14.5. The van der Waals surface area contributed by atoms with E-state index in [4.69, 9.17) is 19.3 Å². The van der Waals surface area contributed by atoms with Gasteiger partial charge < -0.3 is 89.5 Å². The van der Waals surface area contributed by atoms with Crippen molar-refractivity contribution in [1.29, 1.82) is 0 Å². The molecule has 56 heavy (non-hydrogen) atoms. The van der Waals surface area contributed by atoms with Crippen LogP contribution < -0.4 is 10.6 Å². The zero-order valence-electron chi connectivity index (χ0n) is 27.3. The van der Waals surface area contributed by atoms with Gasteiger partial charge in [0.25, 0.3) is 0 Å². The molecule has 12 atom stereocenters. The van der Waals surface area contributed by atoms with E-state index in [0.717, 1.165) is 0 Å². The molecule has 39 heteroatoms. The molecule has 2 fully saturated rings. The first kappa shape index (κ1) is 52.0. The van der Waals surface area contributed by atoms with E-state index in [1.54, 1.807) is 0 Å². The first-order chi connectivity index (χ1) is 25.1. The molecule has 0 aromatic carbocycles. The average Bonchev–Trinajstić information content (AvgIpc) is 2.97. The fraction of sp³-hybridized carbons (Fsp3) is 0.941. The molecule has 0 radical (unpaired) electrons. The monoisotopic (exact) mass is 953 g/mol. The summed E-state index contributed by atoms with van der Waals surface area (Å²) >= 11 is 0. The summed E-state index contributed by atoms with van der Waals surface area (Å²) in [5.41, 5.74) is 0. The molecular formula is C17H39N2O31P6+. The minimum Gasteiger partial charge on any atom is -0.387 e. The number of carbonyl (C=O) groups excluding carboxylic acids is 1. The number of phosphoric ester groups is 5. The van der Waals surface area contributed by atoms with Gasteiger partial charge >= 0.3 is 53.3 Å². The van der Waals surface area contributed by atoms with Gasteiger partial charge in [-0.05, 0) is 0 Å². The summed E-state index contributed by atoms with van der Waals surface area (Å²) in [5.74, 6) is 0. The summed E-state index contributed by atoms with van der Waals surface area (Å²) in [6.45, 7) is -2.84. The van der Waals surface area contributed by atoms with Gasteiger partial charge in [-0.15, -0.1) is 4.52 Å². The molecule has 0 aromatic rings. The summed E-state index contributed by atoms with van der Waals surface area (Å²) in [4.78, 5) is 132. The van der Waals surface area contributed by atoms with Crippen LogP contribution in [0.4, 0.5) is 4.79 Å². The zero-order chi connectivity index (χ0) is 43.4. The van der Waals surface area contributed by atoms with Crippen LogP contribution in [0.5, 0.6) is 0 Å². The fourth-order valence-corrected chi connectivity index (χ4v) is 8.54. The molecule has 0 saturated heterocycles. The van der Waals surface area contributed by atoms with Gasteiger partial charge in [0.15, 0.2) is 6.10 Å². The molecule has 2 amide bonds. The Bertz CT molecular complexity index is 1540. The lowest BCUT2D eigenvalue weighted by Gasteiger charge is -2.46. The lowest BCUT2D eigenvalue weighted by molar-refractivity contribution is -0.225. The van der Waals surface area contributed by atoms with E-state index in [0.29, 0.717) is 0 Å². The molecule has 0 unspecified atom stereocenters. The maximum atomic E-state index is 12.3. The Hall–Kier alpha value is -0.150. The van der Waals surface area contributed by atoms with Gasteiger partial charge in [-0.1, -0.05) is 0 Å². The van der Waals surface area contributed by atoms with E-state index in [9.17, 15) is 102 Å². The quantitative estimate of drug-likeness (QED) is 0.0398. The number of hydrogen-bond donors (Lipinski definition) is 19. The highest BCUT2D eigenvalue weighted by molar-refractivity contribution is 7.53. The molecule has 2 rings (SSSR count). The van der Waals surface area contributed by atoms with Crippen LogP contribution in [0, 0.1) is 0 Å². The number of nitrogens with one attached hydrogen (secondary N) is 2. The van der Waals surface area contributed by atoms with Crippen molar-refractivity contribution in [2.45, 2.75) is 73.2 Å². The van der Waals surface area contributed by atoms with Crippen LogP contribution in [0.25, 0.3) is 0 Å². The number of rotatable bonds is 20. The topological polar surface area (TPSA) is 544 Å². The van der Waals surface area contributed by atoms with Gasteiger partial charge in [0.05, 0.1) is 13.2 Å². The molecule has 2 aliphatic carbocycles. The van der Waals surface area contributed by atoms with Crippen molar-refractivity contribution in [3.05, 3.63) is 0 Å². The molecule has 19 N–H and O–H groups in total. The van der Waals surface area contributed by atoms with E-state index in [-0.39, 0.29) is 0 Å². The van der Waals surface area contributed by atoms with Crippen LogP contribution in [0.1, 0.15) is 0 Å². The zero-order valence-corrected chi connectivity index (χ0v) is 32.6. The number of aliphatic hydroxyl groups is 4. The van der Waals surface area contributed by atoms with E-state index in [2.05, 4.69) is 37.8 Å². The van der Waals surface area contributed by atoms with Crippen molar-refractivity contribution in [3.63, 3.8) is 0 Å². The Kier molecular flexibility index (Phi) is 18.7. The number of aliphatic hydroxyl groups excluding tert-OH is 4. The van der Waals surface area contributed by atoms with E-state index < -0.39 is 153 Å². The second kappa shape index (κ2) is 20.1. The lowest BCUT2D eigenvalue weighted by Crippen LogP contribution is -2.66. The molecule has 0 aliphatic heterocycles. The molecule has 2 aliphatic rings. The SMILES string of the molecule is O=C(NCCO[C@@H]1[C@H](O)[C@@H](OP(=O)(O)O)[C@H](OP(=O)(O)O)[C@@H](O)[C@@H]1OP(=O)(O)O)NCCO[C@H]1[C@@H](O)[C@H](OP(=O)(O)O)[C@@H](O[P+](O)(O)O)[C@H](O)[C@H]1OP(=O)(O)O. The van der Waals surface area contributed by atoms with E-state index in [1.165, 1.54) is 0 Å². The summed E-state index contributed by atoms with van der Waals surface area (Å²) in [5, 5.41) is 46.8. The van der Waals surface area contributed by atoms with Crippen LogP contribution in [-0.4, -0.2) is 190 Å². The standard InChI is InChI=1S/C17H38N2O31P6/c20-5-9(11(45-51(25,26)27)7(22)15(49-55(37,38)39)13(5)47-53(31,32)33)43-3-1-18-17(24)19-2-4-44-10-6(21)14(48-54(34,35)36)16(50-56(40,41)42)8(23)12(10)46-52(28,29)30/h5-16,20-23,37-39H,1-4H2,(H11-,18,19,24,25,26,27,28,29,30,31,32,33,34,35,36,40,41,42)/p+1/t5-,6+,7-,8+,9+,10-,11-,12+,13+,14-,15+,16-/m1/s1. The summed E-state index contributed by atoms with van der Waals surface area (Å²) in [7, 11) is -33.7. The van der Waals surface area contributed by atoms with Gasteiger partial charge in [0.2, 0.25) is 0 Å². The lowest BCUT2D eigenvalue weighted by atomic mass is 9.85. The maximum Gasteiger partial charge on any atom is 0.567 e. The molecule has 0 spiro atoms. The molecule has 0 heterocycles. The predicted octanol–water partition coefficient (Wildman–Crippen LogP) is -7.04. The smallest absolute Gasteiger partial charge is 0.387 e. The van der Waals surface area contributed by atoms with Crippen molar-refractivity contribution in [3.8, 4) is 0 Å². The fourth-order valence-electron chi connectivity index (χ4n) is 5.16. The molecule has 2 saturated carbocycles. The third-order valence-corrected chi connectivity index (χ3v) is 10.1. The van der Waals surface area contributed by atoms with E-state index in [1.807, 2.05) is 0 Å². The molecule has 332 valence electrons. The summed E-state index contributed by atoms with van der Waals surface area (Å²) in [6, 6.07) is -1.13. The normalized spacial score (nSPS) is 32.6. The van der Waals surface area contributed by atoms with Crippen LogP contribution in [-0.2, 0) is 59.4 Å². The van der Waals surface area contributed by atoms with Crippen molar-refractivity contribution in [2.75, 3.05) is 26.3 Å². The summed E-state index contributed by atoms with van der Waals surface area (Å²) in [6.07, 6.45) is -29.9. The number of hydrogen-bond acceptors (Lipinski definition) is 21. The van der Waals surface area contributed by atoms with Gasteiger partial charge in [-0.25, -0.2) is 27.6 Å². The average molecular weight is 953 g/mol. The van der Waals surface area contributed by atoms with Crippen molar-refractivity contribution < 1.29 is 148 Å². The highest BCUT2D eigenvalue weighted by atomic mass is 31.2. The Balaban J connectivity index is 2.11. The van der Waals surface area contributed by atoms with Crippen LogP contribution in [0.15, 0.2) is 0 Å². The molecule has 0 aromatic heterocycles. The molecule has 33 nitrogen and oxygen atoms in total. The molecule has 0 bridgehead atoms. The van der Waals surface area contributed by atoms with Gasteiger partial charge in [0, 0.05) is 13.1 Å². The minimum absolute atomic E-state index is 0.620.